The number of aliphatic carboxylic acids is 1. The molecule has 0 aromatic rings. The molecular weight excluding hydrogens is 173 g/mol. The number of rotatable bonds is 3. The summed E-state index contributed by atoms with van der Waals surface area (Å²) in [6.45, 7) is 2.82. The molecule has 0 radical (unpaired) electrons. The zero-order chi connectivity index (χ0) is 9.84. The maximum atomic E-state index is 12.8. The van der Waals surface area contributed by atoms with Crippen LogP contribution in [-0.4, -0.2) is 35.1 Å². The molecule has 1 aliphatic heterocycles. The second-order valence-electron chi connectivity index (χ2n) is 3.36. The Morgan fingerprint density at radius 2 is 2.54 bits per heavy atom. The van der Waals surface area contributed by atoms with Crippen molar-refractivity contribution in [1.82, 2.24) is 4.90 Å². The summed E-state index contributed by atoms with van der Waals surface area (Å²) in [4.78, 5) is 12.2. The highest BCUT2D eigenvalue weighted by atomic mass is 19.1. The fraction of sp³-hybridized carbons (Fsp3) is 0.667. The number of hydrogen-bond donors (Lipinski definition) is 1. The van der Waals surface area contributed by atoms with Crippen molar-refractivity contribution in [3.8, 4) is 0 Å². The summed E-state index contributed by atoms with van der Waals surface area (Å²) in [5.74, 6) is -0.981. The molecule has 0 amide bonds. The molecule has 0 saturated heterocycles. The number of halogens is 1. The van der Waals surface area contributed by atoms with E-state index in [1.807, 2.05) is 11.8 Å². The molecule has 3 nitrogen and oxygen atoms in total. The first kappa shape index (κ1) is 10.2. The summed E-state index contributed by atoms with van der Waals surface area (Å²) in [6.07, 6.45) is 2.31. The number of nitrogens with zero attached hydrogens (tertiary/aromatic N) is 1. The van der Waals surface area contributed by atoms with Crippen molar-refractivity contribution < 1.29 is 14.3 Å². The van der Waals surface area contributed by atoms with E-state index in [-0.39, 0.29) is 24.8 Å². The van der Waals surface area contributed by atoms with E-state index in [1.165, 1.54) is 0 Å². The van der Waals surface area contributed by atoms with Crippen molar-refractivity contribution in [3.63, 3.8) is 0 Å². The summed E-state index contributed by atoms with van der Waals surface area (Å²) in [5, 5.41) is 8.55. The van der Waals surface area contributed by atoms with Gasteiger partial charge in [0.1, 0.15) is 5.83 Å². The molecule has 1 aliphatic rings. The van der Waals surface area contributed by atoms with Crippen LogP contribution in [0.2, 0.25) is 0 Å². The van der Waals surface area contributed by atoms with Gasteiger partial charge >= 0.3 is 5.97 Å². The topological polar surface area (TPSA) is 40.5 Å². The molecule has 0 aliphatic carbocycles. The van der Waals surface area contributed by atoms with Crippen LogP contribution in [-0.2, 0) is 4.79 Å². The Balaban J connectivity index is 2.43. The highest BCUT2D eigenvalue weighted by Gasteiger charge is 2.19. The standard InChI is InChI=1S/C9H14FNO2/c1-7(5-9(12)13)11-4-2-3-8(10)6-11/h3,7H,2,4-6H2,1H3,(H,12,13). The zero-order valence-electron chi connectivity index (χ0n) is 7.66. The molecule has 0 aromatic heterocycles. The van der Waals surface area contributed by atoms with Gasteiger partial charge in [0.2, 0.25) is 0 Å². The maximum Gasteiger partial charge on any atom is 0.304 e. The molecule has 0 aromatic carbocycles. The number of hydrogen-bond acceptors (Lipinski definition) is 2. The summed E-state index contributed by atoms with van der Waals surface area (Å²) < 4.78 is 12.8. The van der Waals surface area contributed by atoms with E-state index in [0.717, 1.165) is 6.54 Å². The lowest BCUT2D eigenvalue weighted by Crippen LogP contribution is -2.38. The van der Waals surface area contributed by atoms with E-state index in [4.69, 9.17) is 5.11 Å². The van der Waals surface area contributed by atoms with Crippen LogP contribution in [0.1, 0.15) is 19.8 Å². The molecule has 1 unspecified atom stereocenters. The monoisotopic (exact) mass is 187 g/mol. The Bertz CT molecular complexity index is 228. The molecule has 74 valence electrons. The molecule has 0 bridgehead atoms. The SMILES string of the molecule is CC(CC(=O)O)N1CCC=C(F)C1. The predicted molar refractivity (Wildman–Crippen MR) is 47.1 cm³/mol. The van der Waals surface area contributed by atoms with Gasteiger partial charge in [-0.15, -0.1) is 0 Å². The minimum atomic E-state index is -0.831. The number of carboxylic acids is 1. The lowest BCUT2D eigenvalue weighted by atomic mass is 10.1. The molecule has 1 rings (SSSR count). The van der Waals surface area contributed by atoms with Gasteiger partial charge in [-0.2, -0.15) is 0 Å². The Kier molecular flexibility index (Phi) is 3.42. The van der Waals surface area contributed by atoms with Crippen LogP contribution in [0.15, 0.2) is 11.9 Å². The number of carboxylic acid groups (broad SMARTS) is 1. The first-order valence-corrected chi connectivity index (χ1v) is 4.40. The van der Waals surface area contributed by atoms with E-state index in [0.29, 0.717) is 6.42 Å². The molecule has 0 spiro atoms. The Hall–Kier alpha value is -0.900. The van der Waals surface area contributed by atoms with E-state index < -0.39 is 5.97 Å². The molecule has 1 atom stereocenters. The van der Waals surface area contributed by atoms with Crippen molar-refractivity contribution in [3.05, 3.63) is 11.9 Å². The summed E-state index contributed by atoms with van der Waals surface area (Å²) >= 11 is 0. The van der Waals surface area contributed by atoms with Crippen LogP contribution in [0.3, 0.4) is 0 Å². The zero-order valence-corrected chi connectivity index (χ0v) is 7.66. The molecule has 0 saturated carbocycles. The summed E-state index contributed by atoms with van der Waals surface area (Å²) in [7, 11) is 0. The predicted octanol–water partition coefficient (Wildman–Crippen LogP) is 1.41. The summed E-state index contributed by atoms with van der Waals surface area (Å²) in [6, 6.07) is -0.0862. The molecule has 1 heterocycles. The molecule has 13 heavy (non-hydrogen) atoms. The normalized spacial score (nSPS) is 20.9. The smallest absolute Gasteiger partial charge is 0.304 e. The fourth-order valence-corrected chi connectivity index (χ4v) is 1.48. The molecular formula is C9H14FNO2. The average Bonchev–Trinajstić information content (AvgIpc) is 2.03. The number of carbonyl (C=O) groups is 1. The second kappa shape index (κ2) is 4.37. The quantitative estimate of drug-likeness (QED) is 0.726. The van der Waals surface area contributed by atoms with Gasteiger partial charge in [0.25, 0.3) is 0 Å². The Morgan fingerprint density at radius 3 is 3.08 bits per heavy atom. The molecule has 1 N–H and O–H groups in total. The van der Waals surface area contributed by atoms with Crippen LogP contribution in [0, 0.1) is 0 Å². The van der Waals surface area contributed by atoms with E-state index in [9.17, 15) is 9.18 Å². The van der Waals surface area contributed by atoms with Crippen molar-refractivity contribution >= 4 is 5.97 Å². The fourth-order valence-electron chi connectivity index (χ4n) is 1.48. The Morgan fingerprint density at radius 1 is 1.85 bits per heavy atom. The highest BCUT2D eigenvalue weighted by Crippen LogP contribution is 2.14. The van der Waals surface area contributed by atoms with E-state index >= 15 is 0 Å². The molecule has 4 heteroatoms. The highest BCUT2D eigenvalue weighted by molar-refractivity contribution is 5.67. The summed E-state index contributed by atoms with van der Waals surface area (Å²) in [5.41, 5.74) is 0. The van der Waals surface area contributed by atoms with E-state index in [2.05, 4.69) is 0 Å². The van der Waals surface area contributed by atoms with Gasteiger partial charge in [0.15, 0.2) is 0 Å². The third kappa shape index (κ3) is 3.14. The van der Waals surface area contributed by atoms with Crippen LogP contribution in [0.5, 0.6) is 0 Å². The van der Waals surface area contributed by atoms with Gasteiger partial charge in [-0.05, 0) is 13.3 Å². The Labute approximate surface area is 76.8 Å². The van der Waals surface area contributed by atoms with Gasteiger partial charge in [-0.3, -0.25) is 9.69 Å². The van der Waals surface area contributed by atoms with Crippen LogP contribution < -0.4 is 0 Å². The van der Waals surface area contributed by atoms with Gasteiger partial charge in [-0.1, -0.05) is 6.08 Å². The van der Waals surface area contributed by atoms with Crippen LogP contribution >= 0.6 is 0 Å². The van der Waals surface area contributed by atoms with Gasteiger partial charge in [0.05, 0.1) is 13.0 Å². The van der Waals surface area contributed by atoms with Crippen molar-refractivity contribution in [2.75, 3.05) is 13.1 Å². The second-order valence-corrected chi connectivity index (χ2v) is 3.36. The van der Waals surface area contributed by atoms with E-state index in [1.54, 1.807) is 6.08 Å². The first-order valence-electron chi connectivity index (χ1n) is 4.40. The minimum absolute atomic E-state index is 0.0767. The lowest BCUT2D eigenvalue weighted by Gasteiger charge is -2.29. The van der Waals surface area contributed by atoms with Crippen LogP contribution in [0.25, 0.3) is 0 Å². The van der Waals surface area contributed by atoms with Crippen LogP contribution in [0.4, 0.5) is 4.39 Å². The van der Waals surface area contributed by atoms with Crippen molar-refractivity contribution in [2.24, 2.45) is 0 Å². The third-order valence-corrected chi connectivity index (χ3v) is 2.23. The van der Waals surface area contributed by atoms with Gasteiger partial charge in [-0.25, -0.2) is 4.39 Å². The molecule has 0 fully saturated rings. The van der Waals surface area contributed by atoms with Gasteiger partial charge < -0.3 is 5.11 Å². The van der Waals surface area contributed by atoms with Gasteiger partial charge in [0, 0.05) is 12.6 Å². The third-order valence-electron chi connectivity index (χ3n) is 2.23. The first-order chi connectivity index (χ1) is 6.09. The average molecular weight is 187 g/mol. The van der Waals surface area contributed by atoms with Crippen molar-refractivity contribution in [1.29, 1.82) is 0 Å². The lowest BCUT2D eigenvalue weighted by molar-refractivity contribution is -0.138. The maximum absolute atomic E-state index is 12.8. The minimum Gasteiger partial charge on any atom is -0.481 e. The van der Waals surface area contributed by atoms with Crippen molar-refractivity contribution in [2.45, 2.75) is 25.8 Å². The largest absolute Gasteiger partial charge is 0.481 e.